The zero-order chi connectivity index (χ0) is 16.3. The number of H-pyrrole nitrogens is 1. The highest BCUT2D eigenvalue weighted by molar-refractivity contribution is 6.22. The molecular formula is C20H15FN2O. The molecule has 3 nitrogen and oxygen atoms in total. The van der Waals surface area contributed by atoms with Crippen molar-refractivity contribution < 1.29 is 9.18 Å². The predicted molar refractivity (Wildman–Crippen MR) is 91.5 cm³/mol. The average molecular weight is 318 g/mol. The lowest BCUT2D eigenvalue weighted by Gasteiger charge is -2.24. The van der Waals surface area contributed by atoms with Crippen LogP contribution in [0.15, 0.2) is 47.5 Å². The molecule has 0 bridgehead atoms. The van der Waals surface area contributed by atoms with Gasteiger partial charge in [-0.15, -0.1) is 0 Å². The van der Waals surface area contributed by atoms with Crippen molar-refractivity contribution in [2.75, 3.05) is 6.54 Å². The van der Waals surface area contributed by atoms with Gasteiger partial charge < -0.3 is 4.98 Å². The summed E-state index contributed by atoms with van der Waals surface area (Å²) in [5.41, 5.74) is 5.48. The van der Waals surface area contributed by atoms with Crippen molar-refractivity contribution in [1.29, 1.82) is 0 Å². The molecule has 1 atom stereocenters. The third kappa shape index (κ3) is 1.89. The maximum atomic E-state index is 13.9. The molecule has 0 saturated carbocycles. The molecule has 3 aromatic rings. The van der Waals surface area contributed by atoms with Crippen LogP contribution in [0.1, 0.15) is 39.5 Å². The molecule has 24 heavy (non-hydrogen) atoms. The molecule has 5 rings (SSSR count). The normalized spacial score (nSPS) is 19.3. The highest BCUT2D eigenvalue weighted by Gasteiger charge is 2.32. The number of ketones is 1. The number of benzene rings is 2. The van der Waals surface area contributed by atoms with Gasteiger partial charge in [0.25, 0.3) is 0 Å². The quantitative estimate of drug-likeness (QED) is 0.723. The Balaban J connectivity index is 1.75. The van der Waals surface area contributed by atoms with Gasteiger partial charge in [0, 0.05) is 33.4 Å². The fourth-order valence-electron chi connectivity index (χ4n) is 4.05. The zero-order valence-corrected chi connectivity index (χ0v) is 13.0. The summed E-state index contributed by atoms with van der Waals surface area (Å²) in [7, 11) is 0. The fourth-order valence-corrected chi connectivity index (χ4v) is 4.05. The molecule has 0 saturated heterocycles. The predicted octanol–water partition coefficient (Wildman–Crippen LogP) is 4.02. The topological polar surface area (TPSA) is 45.2 Å². The highest BCUT2D eigenvalue weighted by atomic mass is 19.1. The minimum atomic E-state index is -0.382. The first kappa shape index (κ1) is 13.7. The number of aromatic nitrogens is 1. The molecule has 1 N–H and O–H groups in total. The fraction of sp³-hybridized carbons (Fsp3) is 0.200. The van der Waals surface area contributed by atoms with Crippen LogP contribution in [0, 0.1) is 5.82 Å². The van der Waals surface area contributed by atoms with Crippen LogP contribution in [-0.2, 0) is 6.42 Å². The Kier molecular flexibility index (Phi) is 2.77. The molecule has 4 heteroatoms. The van der Waals surface area contributed by atoms with Crippen LogP contribution in [0.2, 0.25) is 0 Å². The zero-order valence-electron chi connectivity index (χ0n) is 13.0. The molecule has 1 aromatic heterocycles. The number of carbonyl (C=O) groups excluding carboxylic acids is 1. The van der Waals surface area contributed by atoms with Crippen molar-refractivity contribution in [2.45, 2.75) is 18.8 Å². The summed E-state index contributed by atoms with van der Waals surface area (Å²) in [4.78, 5) is 20.3. The molecule has 0 amide bonds. The Morgan fingerprint density at radius 1 is 1.12 bits per heavy atom. The molecule has 0 radical (unpaired) electrons. The lowest BCUT2D eigenvalue weighted by atomic mass is 9.81. The van der Waals surface area contributed by atoms with Gasteiger partial charge in [-0.3, -0.25) is 9.79 Å². The largest absolute Gasteiger partial charge is 0.358 e. The summed E-state index contributed by atoms with van der Waals surface area (Å²) in [6, 6.07) is 13.2. The highest BCUT2D eigenvalue weighted by Crippen LogP contribution is 2.39. The van der Waals surface area contributed by atoms with Crippen LogP contribution in [0.5, 0.6) is 0 Å². The van der Waals surface area contributed by atoms with Crippen molar-refractivity contribution in [3.8, 4) is 0 Å². The second-order valence-corrected chi connectivity index (χ2v) is 6.56. The van der Waals surface area contributed by atoms with Crippen LogP contribution in [0.3, 0.4) is 0 Å². The van der Waals surface area contributed by atoms with E-state index >= 15 is 0 Å². The summed E-state index contributed by atoms with van der Waals surface area (Å²) < 4.78 is 13.9. The summed E-state index contributed by atoms with van der Waals surface area (Å²) in [6.45, 7) is 0.101. The summed E-state index contributed by atoms with van der Waals surface area (Å²) in [5.74, 6) is -0.168. The van der Waals surface area contributed by atoms with E-state index in [4.69, 9.17) is 0 Å². The van der Waals surface area contributed by atoms with Gasteiger partial charge in [0.15, 0.2) is 5.78 Å². The maximum absolute atomic E-state index is 13.9. The second-order valence-electron chi connectivity index (χ2n) is 6.56. The first-order chi connectivity index (χ1) is 11.7. The van der Waals surface area contributed by atoms with E-state index < -0.39 is 0 Å². The number of carbonyl (C=O) groups is 1. The second kappa shape index (κ2) is 4.87. The summed E-state index contributed by atoms with van der Waals surface area (Å²) in [6.07, 6.45) is 1.66. The molecule has 1 aliphatic carbocycles. The van der Waals surface area contributed by atoms with E-state index in [1.54, 1.807) is 0 Å². The van der Waals surface area contributed by atoms with Crippen LogP contribution in [0.25, 0.3) is 10.9 Å². The third-order valence-corrected chi connectivity index (χ3v) is 5.10. The summed E-state index contributed by atoms with van der Waals surface area (Å²) in [5, 5.41) is 0.846. The lowest BCUT2D eigenvalue weighted by molar-refractivity contribution is 0.100. The van der Waals surface area contributed by atoms with Crippen molar-refractivity contribution in [3.63, 3.8) is 0 Å². The number of aromatic amines is 1. The van der Waals surface area contributed by atoms with Crippen LogP contribution in [0.4, 0.5) is 4.39 Å². The number of aliphatic imine (C=N–C) groups is 1. The van der Waals surface area contributed by atoms with Crippen molar-refractivity contribution >= 4 is 22.4 Å². The van der Waals surface area contributed by atoms with Gasteiger partial charge in [0.1, 0.15) is 12.4 Å². The number of hydrogen-bond acceptors (Lipinski definition) is 2. The number of halogens is 1. The third-order valence-electron chi connectivity index (χ3n) is 5.10. The number of hydrogen-bond donors (Lipinski definition) is 1. The average Bonchev–Trinajstić information content (AvgIpc) is 2.90. The molecule has 2 heterocycles. The number of nitrogens with one attached hydrogen (secondary N) is 1. The number of nitrogens with zero attached hydrogens (tertiary/aromatic N) is 1. The number of Topliss-reactive ketones (excluding diaryl/α,β-unsaturated/α-hetero) is 1. The first-order valence-electron chi connectivity index (χ1n) is 8.16. The molecular weight excluding hydrogens is 303 g/mol. The van der Waals surface area contributed by atoms with E-state index in [9.17, 15) is 9.18 Å². The van der Waals surface area contributed by atoms with Gasteiger partial charge in [-0.2, -0.15) is 0 Å². The van der Waals surface area contributed by atoms with Gasteiger partial charge >= 0.3 is 0 Å². The minimum Gasteiger partial charge on any atom is -0.358 e. The Labute approximate surface area is 138 Å². The molecule has 2 aliphatic rings. The molecule has 1 aliphatic heterocycles. The lowest BCUT2D eigenvalue weighted by Crippen LogP contribution is -2.19. The minimum absolute atomic E-state index is 0.101. The van der Waals surface area contributed by atoms with E-state index in [2.05, 4.69) is 22.1 Å². The van der Waals surface area contributed by atoms with Crippen molar-refractivity contribution in [2.24, 2.45) is 4.99 Å². The van der Waals surface area contributed by atoms with Gasteiger partial charge in [-0.1, -0.05) is 30.3 Å². The van der Waals surface area contributed by atoms with Gasteiger partial charge in [0.05, 0.1) is 0 Å². The van der Waals surface area contributed by atoms with Crippen LogP contribution >= 0.6 is 0 Å². The van der Waals surface area contributed by atoms with E-state index in [1.165, 1.54) is 17.7 Å². The van der Waals surface area contributed by atoms with E-state index in [-0.39, 0.29) is 18.1 Å². The van der Waals surface area contributed by atoms with E-state index in [0.29, 0.717) is 17.0 Å². The Morgan fingerprint density at radius 3 is 2.79 bits per heavy atom. The molecule has 0 spiro atoms. The first-order valence-corrected chi connectivity index (χ1v) is 8.16. The SMILES string of the molecule is O=C1CN=C2CC(c3ccccc3)Cc3[nH]c4cc(F)cc1c4c32. The smallest absolute Gasteiger partial charge is 0.185 e. The van der Waals surface area contributed by atoms with Gasteiger partial charge in [-0.05, 0) is 36.5 Å². The van der Waals surface area contributed by atoms with E-state index in [0.717, 1.165) is 35.2 Å². The van der Waals surface area contributed by atoms with Crippen molar-refractivity contribution in [1.82, 2.24) is 4.98 Å². The van der Waals surface area contributed by atoms with E-state index in [1.807, 2.05) is 18.2 Å². The van der Waals surface area contributed by atoms with Gasteiger partial charge in [0.2, 0.25) is 0 Å². The number of rotatable bonds is 1. The van der Waals surface area contributed by atoms with Crippen LogP contribution in [-0.4, -0.2) is 23.0 Å². The van der Waals surface area contributed by atoms with Gasteiger partial charge in [-0.25, -0.2) is 4.39 Å². The molecule has 118 valence electrons. The monoisotopic (exact) mass is 318 g/mol. The standard InChI is InChI=1S/C20H15FN2O/c21-13-8-14-18(24)10-22-15-6-12(11-4-2-1-3-5-11)7-16-20(15)19(14)17(9-13)23-16/h1-5,8-9,12,23H,6-7,10H2. The Morgan fingerprint density at radius 2 is 1.96 bits per heavy atom. The molecule has 1 unspecified atom stereocenters. The Bertz CT molecular complexity index is 1020. The van der Waals surface area contributed by atoms with Crippen LogP contribution < -0.4 is 0 Å². The molecule has 0 fully saturated rings. The summed E-state index contributed by atoms with van der Waals surface area (Å²) >= 11 is 0. The Hall–Kier alpha value is -2.75. The molecule has 2 aromatic carbocycles. The maximum Gasteiger partial charge on any atom is 0.185 e. The van der Waals surface area contributed by atoms with Crippen molar-refractivity contribution in [3.05, 3.63) is 70.7 Å².